The van der Waals surface area contributed by atoms with Crippen molar-refractivity contribution >= 4 is 11.3 Å². The number of aromatic amines is 1. The van der Waals surface area contributed by atoms with Gasteiger partial charge in [-0.05, 0) is 25.8 Å². The highest BCUT2D eigenvalue weighted by atomic mass is 32.1. The maximum absolute atomic E-state index is 10.9. The van der Waals surface area contributed by atoms with Crippen LogP contribution in [0, 0.1) is 0 Å². The third kappa shape index (κ3) is 3.17. The minimum Gasteiger partial charge on any atom is -0.325 e. The van der Waals surface area contributed by atoms with E-state index in [2.05, 4.69) is 10.3 Å². The lowest BCUT2D eigenvalue weighted by molar-refractivity contribution is 0.393. The summed E-state index contributed by atoms with van der Waals surface area (Å²) < 4.78 is 0. The molecule has 0 saturated heterocycles. The van der Waals surface area contributed by atoms with E-state index in [-0.39, 0.29) is 10.4 Å². The van der Waals surface area contributed by atoms with E-state index in [1.165, 1.54) is 24.2 Å². The maximum Gasteiger partial charge on any atom is 0.304 e. The molecule has 0 radical (unpaired) electrons. The molecule has 1 aromatic rings. The molecule has 90 valence electrons. The van der Waals surface area contributed by atoms with Crippen molar-refractivity contribution in [2.45, 2.75) is 44.2 Å². The van der Waals surface area contributed by atoms with Crippen molar-refractivity contribution in [3.8, 4) is 0 Å². The lowest BCUT2D eigenvalue weighted by Gasteiger charge is -2.23. The molecule has 1 aliphatic rings. The van der Waals surface area contributed by atoms with Crippen molar-refractivity contribution in [3.05, 3.63) is 20.7 Å². The molecule has 2 rings (SSSR count). The zero-order valence-corrected chi connectivity index (χ0v) is 10.2. The van der Waals surface area contributed by atoms with Crippen LogP contribution in [0.2, 0.25) is 0 Å². The fourth-order valence-electron chi connectivity index (χ4n) is 2.29. The molecule has 0 aromatic carbocycles. The quantitative estimate of drug-likeness (QED) is 0.678. The first-order valence-corrected chi connectivity index (χ1v) is 6.72. The van der Waals surface area contributed by atoms with Crippen LogP contribution in [0.15, 0.2) is 10.2 Å². The number of hydrogen-bond donors (Lipinski definition) is 3. The summed E-state index contributed by atoms with van der Waals surface area (Å²) in [6.45, 7) is 1.66. The Labute approximate surface area is 99.3 Å². The second kappa shape index (κ2) is 5.12. The smallest absolute Gasteiger partial charge is 0.304 e. The van der Waals surface area contributed by atoms with Crippen LogP contribution in [-0.4, -0.2) is 17.1 Å². The van der Waals surface area contributed by atoms with Crippen LogP contribution < -0.4 is 15.9 Å². The zero-order valence-electron chi connectivity index (χ0n) is 9.42. The van der Waals surface area contributed by atoms with Gasteiger partial charge in [0, 0.05) is 23.2 Å². The lowest BCUT2D eigenvalue weighted by Crippen LogP contribution is -2.39. The van der Waals surface area contributed by atoms with Crippen LogP contribution in [0.5, 0.6) is 0 Å². The standard InChI is InChI=1S/C11H19N3OS/c12-11(3-1-2-4-11)5-6-13-7-9-8-16-10(15)14-9/h8,13H,1-7,12H2,(H,14,15). The molecular formula is C11H19N3OS. The molecule has 1 saturated carbocycles. The molecule has 5 heteroatoms. The summed E-state index contributed by atoms with van der Waals surface area (Å²) >= 11 is 1.21. The fourth-order valence-corrected chi connectivity index (χ4v) is 2.87. The van der Waals surface area contributed by atoms with Crippen LogP contribution in [0.3, 0.4) is 0 Å². The summed E-state index contributed by atoms with van der Waals surface area (Å²) in [5.41, 5.74) is 7.28. The number of nitrogens with one attached hydrogen (secondary N) is 2. The van der Waals surface area contributed by atoms with E-state index in [0.29, 0.717) is 0 Å². The van der Waals surface area contributed by atoms with Crippen molar-refractivity contribution in [3.63, 3.8) is 0 Å². The van der Waals surface area contributed by atoms with Gasteiger partial charge in [-0.1, -0.05) is 24.2 Å². The topological polar surface area (TPSA) is 70.9 Å². The van der Waals surface area contributed by atoms with Gasteiger partial charge in [0.05, 0.1) is 0 Å². The first kappa shape index (κ1) is 11.8. The number of thiazole rings is 1. The van der Waals surface area contributed by atoms with Crippen molar-refractivity contribution in [2.75, 3.05) is 6.54 Å². The Bertz CT molecular complexity index is 379. The van der Waals surface area contributed by atoms with Gasteiger partial charge in [0.1, 0.15) is 0 Å². The normalized spacial score (nSPS) is 19.1. The maximum atomic E-state index is 10.9. The third-order valence-electron chi connectivity index (χ3n) is 3.29. The predicted molar refractivity (Wildman–Crippen MR) is 66.6 cm³/mol. The number of hydrogen-bond acceptors (Lipinski definition) is 4. The highest BCUT2D eigenvalue weighted by Gasteiger charge is 2.28. The predicted octanol–water partition coefficient (Wildman–Crippen LogP) is 1.19. The summed E-state index contributed by atoms with van der Waals surface area (Å²) in [6.07, 6.45) is 5.89. The van der Waals surface area contributed by atoms with Gasteiger partial charge in [-0.3, -0.25) is 4.79 Å². The van der Waals surface area contributed by atoms with Gasteiger partial charge < -0.3 is 16.0 Å². The summed E-state index contributed by atoms with van der Waals surface area (Å²) in [5.74, 6) is 0. The minimum atomic E-state index is 0.0166. The molecule has 0 spiro atoms. The van der Waals surface area contributed by atoms with Crippen LogP contribution in [0.25, 0.3) is 0 Å². The van der Waals surface area contributed by atoms with Crippen LogP contribution in [0.4, 0.5) is 0 Å². The summed E-state index contributed by atoms with van der Waals surface area (Å²) in [6, 6.07) is 0. The molecule has 1 fully saturated rings. The van der Waals surface area contributed by atoms with E-state index in [1.807, 2.05) is 5.38 Å². The second-order valence-corrected chi connectivity index (χ2v) is 5.51. The zero-order chi connectivity index (χ0) is 11.4. The molecule has 0 amide bonds. The molecule has 0 atom stereocenters. The van der Waals surface area contributed by atoms with Crippen LogP contribution in [0.1, 0.15) is 37.8 Å². The van der Waals surface area contributed by atoms with E-state index in [4.69, 9.17) is 5.73 Å². The fraction of sp³-hybridized carbons (Fsp3) is 0.727. The Kier molecular flexibility index (Phi) is 3.78. The Morgan fingerprint density at radius 2 is 2.25 bits per heavy atom. The summed E-state index contributed by atoms with van der Waals surface area (Å²) in [4.78, 5) is 13.7. The first-order valence-electron chi connectivity index (χ1n) is 5.84. The van der Waals surface area contributed by atoms with Crippen LogP contribution >= 0.6 is 11.3 Å². The van der Waals surface area contributed by atoms with E-state index >= 15 is 0 Å². The first-order chi connectivity index (χ1) is 7.68. The Morgan fingerprint density at radius 1 is 1.50 bits per heavy atom. The summed E-state index contributed by atoms with van der Waals surface area (Å²) in [7, 11) is 0. The van der Waals surface area contributed by atoms with E-state index < -0.39 is 0 Å². The molecular weight excluding hydrogens is 222 g/mol. The SMILES string of the molecule is NC1(CCNCc2csc(=O)[nH]2)CCCC1. The van der Waals surface area contributed by atoms with Gasteiger partial charge in [-0.15, -0.1) is 0 Å². The number of aromatic nitrogens is 1. The Hall–Kier alpha value is -0.650. The molecule has 0 aliphatic heterocycles. The highest BCUT2D eigenvalue weighted by molar-refractivity contribution is 7.07. The average Bonchev–Trinajstić information content (AvgIpc) is 2.84. The molecule has 1 aliphatic carbocycles. The minimum absolute atomic E-state index is 0.0166. The molecule has 0 unspecified atom stereocenters. The lowest BCUT2D eigenvalue weighted by atomic mass is 9.95. The van der Waals surface area contributed by atoms with E-state index in [9.17, 15) is 4.79 Å². The van der Waals surface area contributed by atoms with Gasteiger partial charge in [-0.2, -0.15) is 0 Å². The molecule has 1 aromatic heterocycles. The van der Waals surface area contributed by atoms with Crippen LogP contribution in [-0.2, 0) is 6.54 Å². The Balaban J connectivity index is 1.67. The molecule has 0 bridgehead atoms. The van der Waals surface area contributed by atoms with Gasteiger partial charge >= 0.3 is 4.87 Å². The molecule has 1 heterocycles. The molecule has 4 nitrogen and oxygen atoms in total. The van der Waals surface area contributed by atoms with Crippen molar-refractivity contribution < 1.29 is 0 Å². The van der Waals surface area contributed by atoms with Gasteiger partial charge in [0.2, 0.25) is 0 Å². The Morgan fingerprint density at radius 3 is 2.88 bits per heavy atom. The van der Waals surface area contributed by atoms with Crippen molar-refractivity contribution in [2.24, 2.45) is 5.73 Å². The number of rotatable bonds is 5. The second-order valence-electron chi connectivity index (χ2n) is 4.67. The monoisotopic (exact) mass is 241 g/mol. The van der Waals surface area contributed by atoms with E-state index in [1.54, 1.807) is 0 Å². The van der Waals surface area contributed by atoms with E-state index in [0.717, 1.165) is 38.0 Å². The van der Waals surface area contributed by atoms with Gasteiger partial charge in [0.15, 0.2) is 0 Å². The summed E-state index contributed by atoms with van der Waals surface area (Å²) in [5, 5.41) is 5.19. The van der Waals surface area contributed by atoms with Gasteiger partial charge in [-0.25, -0.2) is 0 Å². The molecule has 4 N–H and O–H groups in total. The third-order valence-corrected chi connectivity index (χ3v) is 4.00. The average molecular weight is 241 g/mol. The van der Waals surface area contributed by atoms with Gasteiger partial charge in [0.25, 0.3) is 0 Å². The molecule has 16 heavy (non-hydrogen) atoms. The largest absolute Gasteiger partial charge is 0.325 e. The van der Waals surface area contributed by atoms with Crippen molar-refractivity contribution in [1.29, 1.82) is 0 Å². The number of nitrogens with two attached hydrogens (primary N) is 1. The van der Waals surface area contributed by atoms with Crippen molar-refractivity contribution in [1.82, 2.24) is 10.3 Å². The number of H-pyrrole nitrogens is 1. The highest BCUT2D eigenvalue weighted by Crippen LogP contribution is 2.29.